The lowest BCUT2D eigenvalue weighted by Crippen LogP contribution is -2.26. The summed E-state index contributed by atoms with van der Waals surface area (Å²) >= 11 is 0. The monoisotopic (exact) mass is 261 g/mol. The third kappa shape index (κ3) is 3.22. The van der Waals surface area contributed by atoms with Gasteiger partial charge in [0.15, 0.2) is 0 Å². The largest absolute Gasteiger partial charge is 0.478 e. The molecule has 0 saturated carbocycles. The number of amides is 1. The summed E-state index contributed by atoms with van der Waals surface area (Å²) in [6.45, 7) is 7.91. The lowest BCUT2D eigenvalue weighted by Gasteiger charge is -2.23. The van der Waals surface area contributed by atoms with Crippen molar-refractivity contribution in [3.05, 3.63) is 40.5 Å². The van der Waals surface area contributed by atoms with E-state index in [4.69, 9.17) is 5.11 Å². The molecule has 0 unspecified atom stereocenters. The minimum Gasteiger partial charge on any atom is -0.478 e. The van der Waals surface area contributed by atoms with E-state index in [1.165, 1.54) is 4.90 Å². The molecular weight excluding hydrogens is 242 g/mol. The topological polar surface area (TPSA) is 57.6 Å². The smallest absolute Gasteiger partial charge is 0.328 e. The molecule has 1 amide bonds. The maximum atomic E-state index is 12.0. The van der Waals surface area contributed by atoms with Crippen LogP contribution in [0.25, 0.3) is 0 Å². The quantitative estimate of drug-likeness (QED) is 0.851. The summed E-state index contributed by atoms with van der Waals surface area (Å²) in [6, 6.07) is 2.08. The van der Waals surface area contributed by atoms with Crippen LogP contribution in [0.3, 0.4) is 0 Å². The number of nitrogens with zero attached hydrogens (tertiary/aromatic N) is 1. The van der Waals surface area contributed by atoms with Crippen LogP contribution in [-0.2, 0) is 9.59 Å². The highest BCUT2D eigenvalue weighted by Gasteiger charge is 2.16. The average molecular weight is 261 g/mol. The lowest BCUT2D eigenvalue weighted by molar-refractivity contribution is -0.131. The fourth-order valence-electron chi connectivity index (χ4n) is 2.06. The summed E-state index contributed by atoms with van der Waals surface area (Å²) in [6.07, 6.45) is 1.92. The highest BCUT2D eigenvalue weighted by atomic mass is 16.4. The molecule has 0 atom stereocenters. The molecule has 1 N–H and O–H groups in total. The van der Waals surface area contributed by atoms with E-state index in [1.54, 1.807) is 7.05 Å². The molecule has 0 spiro atoms. The predicted octanol–water partition coefficient (Wildman–Crippen LogP) is 2.52. The van der Waals surface area contributed by atoms with Crippen molar-refractivity contribution in [2.75, 3.05) is 11.9 Å². The molecule has 4 nitrogen and oxygen atoms in total. The summed E-state index contributed by atoms with van der Waals surface area (Å²) < 4.78 is 0. The minimum atomic E-state index is -1.13. The Morgan fingerprint density at radius 1 is 1.05 bits per heavy atom. The Hall–Kier alpha value is -2.10. The summed E-state index contributed by atoms with van der Waals surface area (Å²) in [4.78, 5) is 23.9. The van der Waals surface area contributed by atoms with Gasteiger partial charge in [-0.1, -0.05) is 6.07 Å². The van der Waals surface area contributed by atoms with Gasteiger partial charge in [-0.15, -0.1) is 0 Å². The Labute approximate surface area is 113 Å². The van der Waals surface area contributed by atoms with Crippen molar-refractivity contribution in [2.24, 2.45) is 0 Å². The van der Waals surface area contributed by atoms with Gasteiger partial charge < -0.3 is 10.0 Å². The maximum Gasteiger partial charge on any atom is 0.328 e. The van der Waals surface area contributed by atoms with E-state index >= 15 is 0 Å². The van der Waals surface area contributed by atoms with Crippen LogP contribution in [0, 0.1) is 27.7 Å². The molecule has 0 aliphatic carbocycles. The first-order valence-corrected chi connectivity index (χ1v) is 6.01. The van der Waals surface area contributed by atoms with Gasteiger partial charge in [0.05, 0.1) is 0 Å². The molecule has 1 rings (SSSR count). The Balaban J connectivity index is 3.23. The van der Waals surface area contributed by atoms with E-state index in [0.29, 0.717) is 0 Å². The highest BCUT2D eigenvalue weighted by molar-refractivity contribution is 6.04. The number of hydrogen-bond donors (Lipinski definition) is 1. The number of aliphatic carboxylic acids is 1. The van der Waals surface area contributed by atoms with E-state index in [2.05, 4.69) is 6.07 Å². The van der Waals surface area contributed by atoms with Crippen molar-refractivity contribution < 1.29 is 14.7 Å². The van der Waals surface area contributed by atoms with Gasteiger partial charge in [-0.25, -0.2) is 4.79 Å². The second kappa shape index (κ2) is 5.69. The van der Waals surface area contributed by atoms with Crippen LogP contribution in [0.4, 0.5) is 5.69 Å². The van der Waals surface area contributed by atoms with E-state index in [-0.39, 0.29) is 5.91 Å². The zero-order valence-electron chi connectivity index (χ0n) is 11.9. The standard InChI is InChI=1S/C15H19NO3/c1-9-8-10(2)12(4)15(11(9)3)16(5)13(17)6-7-14(18)19/h6-8H,1-5H3,(H,18,19)/b7-6+. The van der Waals surface area contributed by atoms with E-state index in [0.717, 1.165) is 40.1 Å². The number of benzene rings is 1. The molecular formula is C15H19NO3. The zero-order valence-corrected chi connectivity index (χ0v) is 11.9. The van der Waals surface area contributed by atoms with Crippen molar-refractivity contribution in [2.45, 2.75) is 27.7 Å². The van der Waals surface area contributed by atoms with Crippen LogP contribution in [0.2, 0.25) is 0 Å². The molecule has 19 heavy (non-hydrogen) atoms. The number of carbonyl (C=O) groups excluding carboxylic acids is 1. The van der Waals surface area contributed by atoms with Gasteiger partial charge >= 0.3 is 5.97 Å². The lowest BCUT2D eigenvalue weighted by atomic mass is 9.98. The van der Waals surface area contributed by atoms with Crippen molar-refractivity contribution in [1.29, 1.82) is 0 Å². The zero-order chi connectivity index (χ0) is 14.7. The van der Waals surface area contributed by atoms with Gasteiger partial charge in [0.1, 0.15) is 0 Å². The van der Waals surface area contributed by atoms with Crippen molar-refractivity contribution in [3.63, 3.8) is 0 Å². The molecule has 0 aliphatic heterocycles. The molecule has 1 aromatic rings. The van der Waals surface area contributed by atoms with Gasteiger partial charge in [-0.3, -0.25) is 4.79 Å². The summed E-state index contributed by atoms with van der Waals surface area (Å²) in [5.74, 6) is -1.48. The molecule has 0 bridgehead atoms. The fraction of sp³-hybridized carbons (Fsp3) is 0.333. The summed E-state index contributed by atoms with van der Waals surface area (Å²) in [7, 11) is 1.66. The first-order valence-electron chi connectivity index (χ1n) is 6.01. The third-order valence-corrected chi connectivity index (χ3v) is 3.36. The van der Waals surface area contributed by atoms with Crippen LogP contribution in [0.5, 0.6) is 0 Å². The van der Waals surface area contributed by atoms with Crippen LogP contribution >= 0.6 is 0 Å². The van der Waals surface area contributed by atoms with Gasteiger partial charge in [-0.05, 0) is 49.9 Å². The van der Waals surface area contributed by atoms with Crippen molar-refractivity contribution in [3.8, 4) is 0 Å². The summed E-state index contributed by atoms with van der Waals surface area (Å²) in [5.41, 5.74) is 5.13. The Kier molecular flexibility index (Phi) is 4.48. The summed E-state index contributed by atoms with van der Waals surface area (Å²) in [5, 5.41) is 8.55. The first kappa shape index (κ1) is 15.0. The molecule has 0 fully saturated rings. The second-order valence-corrected chi connectivity index (χ2v) is 4.68. The van der Waals surface area contributed by atoms with Gasteiger partial charge in [0.25, 0.3) is 5.91 Å². The second-order valence-electron chi connectivity index (χ2n) is 4.68. The molecule has 0 aliphatic rings. The van der Waals surface area contributed by atoms with E-state index in [9.17, 15) is 9.59 Å². The molecule has 0 heterocycles. The van der Waals surface area contributed by atoms with Crippen LogP contribution in [-0.4, -0.2) is 24.0 Å². The predicted molar refractivity (Wildman–Crippen MR) is 75.6 cm³/mol. The van der Waals surface area contributed by atoms with Crippen molar-refractivity contribution >= 4 is 17.6 Å². The Bertz CT molecular complexity index is 533. The number of carboxylic acids is 1. The molecule has 1 aromatic carbocycles. The maximum absolute atomic E-state index is 12.0. The van der Waals surface area contributed by atoms with Crippen LogP contribution in [0.15, 0.2) is 18.2 Å². The molecule has 0 saturated heterocycles. The molecule has 102 valence electrons. The number of anilines is 1. The first-order chi connectivity index (χ1) is 8.75. The molecule has 0 aromatic heterocycles. The number of carboxylic acid groups (broad SMARTS) is 1. The third-order valence-electron chi connectivity index (χ3n) is 3.36. The van der Waals surface area contributed by atoms with Crippen LogP contribution < -0.4 is 4.90 Å². The molecule has 4 heteroatoms. The van der Waals surface area contributed by atoms with E-state index < -0.39 is 5.97 Å². The average Bonchev–Trinajstić information content (AvgIpc) is 2.33. The fourth-order valence-corrected chi connectivity index (χ4v) is 2.06. The van der Waals surface area contributed by atoms with Gasteiger partial charge in [0.2, 0.25) is 0 Å². The Morgan fingerprint density at radius 3 is 1.95 bits per heavy atom. The highest BCUT2D eigenvalue weighted by Crippen LogP contribution is 2.29. The normalized spacial score (nSPS) is 10.8. The SMILES string of the molecule is Cc1cc(C)c(C)c(N(C)C(=O)/C=C/C(=O)O)c1C. The number of rotatable bonds is 3. The number of hydrogen-bond acceptors (Lipinski definition) is 2. The van der Waals surface area contributed by atoms with Crippen LogP contribution in [0.1, 0.15) is 22.3 Å². The van der Waals surface area contributed by atoms with Gasteiger partial charge in [-0.2, -0.15) is 0 Å². The number of carbonyl (C=O) groups is 2. The molecule has 0 radical (unpaired) electrons. The number of aryl methyl sites for hydroxylation is 2. The van der Waals surface area contributed by atoms with Crippen molar-refractivity contribution in [1.82, 2.24) is 0 Å². The van der Waals surface area contributed by atoms with Gasteiger partial charge in [0, 0.05) is 24.9 Å². The minimum absolute atomic E-state index is 0.349. The number of likely N-dealkylation sites (N-methyl/N-ethyl adjacent to an activating group) is 1. The Morgan fingerprint density at radius 2 is 1.53 bits per heavy atom. The van der Waals surface area contributed by atoms with E-state index in [1.807, 2.05) is 27.7 Å².